The first kappa shape index (κ1) is 14.5. The summed E-state index contributed by atoms with van der Waals surface area (Å²) in [5.74, 6) is 1.09. The lowest BCUT2D eigenvalue weighted by atomic mass is 9.93. The van der Waals surface area contributed by atoms with Crippen LogP contribution >= 0.6 is 22.9 Å². The zero-order valence-electron chi connectivity index (χ0n) is 11.5. The molecule has 94 valence electrons. The molecule has 0 aliphatic carbocycles. The molecule has 0 bridgehead atoms. The van der Waals surface area contributed by atoms with E-state index < -0.39 is 0 Å². The first-order chi connectivity index (χ1) is 7.79. The molecule has 0 N–H and O–H groups in total. The number of nitrogens with zero attached hydrogens (tertiary/aromatic N) is 2. The predicted molar refractivity (Wildman–Crippen MR) is 85.2 cm³/mol. The molecule has 0 fully saturated rings. The lowest BCUT2D eigenvalue weighted by Gasteiger charge is -2.32. The van der Waals surface area contributed by atoms with Gasteiger partial charge in [-0.3, -0.25) is 0 Å². The molecule has 0 aliphatic heterocycles. The van der Waals surface area contributed by atoms with E-state index in [-0.39, 0.29) is 5.41 Å². The molecule has 0 radical (unpaired) electrons. The Labute approximate surface area is 119 Å². The second-order valence-corrected chi connectivity index (χ2v) is 5.94. The van der Waals surface area contributed by atoms with Crippen LogP contribution in [0.2, 0.25) is 0 Å². The average molecular weight is 344 g/mol. The number of aryl methyl sites for hydroxylation is 2. The Kier molecular flexibility index (Phi) is 4.58. The third kappa shape index (κ3) is 3.21. The van der Waals surface area contributed by atoms with Crippen LogP contribution in [0.1, 0.15) is 31.9 Å². The summed E-state index contributed by atoms with van der Waals surface area (Å²) in [6.45, 7) is 10.9. The van der Waals surface area contributed by atoms with Gasteiger partial charge in [0.2, 0.25) is 0 Å². The third-order valence-corrected chi connectivity index (χ3v) is 3.30. The summed E-state index contributed by atoms with van der Waals surface area (Å²) < 4.78 is 4.43. The Morgan fingerprint density at radius 3 is 2.00 bits per heavy atom. The van der Waals surface area contributed by atoms with Crippen molar-refractivity contribution in [3.05, 3.63) is 29.3 Å². The van der Waals surface area contributed by atoms with E-state index in [1.54, 1.807) is 0 Å². The summed E-state index contributed by atoms with van der Waals surface area (Å²) in [5.41, 5.74) is 3.88. The van der Waals surface area contributed by atoms with Crippen molar-refractivity contribution in [2.45, 2.75) is 34.6 Å². The van der Waals surface area contributed by atoms with Crippen LogP contribution in [0.5, 0.6) is 0 Å². The predicted octanol–water partition coefficient (Wildman–Crippen LogP) is 4.53. The number of hydrogen-bond acceptors (Lipinski definition) is 1. The zero-order valence-corrected chi connectivity index (χ0v) is 13.7. The van der Waals surface area contributed by atoms with Gasteiger partial charge in [0.05, 0.1) is 22.9 Å². The Balaban J connectivity index is 3.25. The molecule has 1 rings (SSSR count). The first-order valence-corrected chi connectivity index (χ1v) is 6.75. The fourth-order valence-corrected chi connectivity index (χ4v) is 3.17. The Hall–Kier alpha value is -0.580. The number of halogens is 1. The summed E-state index contributed by atoms with van der Waals surface area (Å²) in [6.07, 6.45) is 0. The highest BCUT2D eigenvalue weighted by Crippen LogP contribution is 2.29. The van der Waals surface area contributed by atoms with Crippen LogP contribution in [-0.4, -0.2) is 12.9 Å². The molecule has 0 atom stereocenters. The fraction of sp³-hybridized carbons (Fsp3) is 0.500. The smallest absolute Gasteiger partial charge is 0.120 e. The topological polar surface area (TPSA) is 15.6 Å². The van der Waals surface area contributed by atoms with E-state index in [9.17, 15) is 0 Å². The monoisotopic (exact) mass is 344 g/mol. The molecule has 0 heterocycles. The maximum atomic E-state index is 4.43. The zero-order chi connectivity index (χ0) is 13.2. The van der Waals surface area contributed by atoms with Crippen LogP contribution in [-0.2, 0) is 0 Å². The summed E-state index contributed by atoms with van der Waals surface area (Å²) in [7, 11) is 2.10. The van der Waals surface area contributed by atoms with Crippen molar-refractivity contribution in [1.82, 2.24) is 0 Å². The molecular weight excluding hydrogens is 323 g/mol. The van der Waals surface area contributed by atoms with Gasteiger partial charge in [-0.2, -0.15) is 0 Å². The van der Waals surface area contributed by atoms with Crippen LogP contribution < -0.4 is 4.90 Å². The Bertz CT molecular complexity index is 410. The molecule has 0 aliphatic rings. The van der Waals surface area contributed by atoms with Crippen molar-refractivity contribution >= 4 is 34.4 Å². The van der Waals surface area contributed by atoms with Crippen LogP contribution in [0.4, 0.5) is 5.69 Å². The maximum absolute atomic E-state index is 4.43. The molecule has 1 aromatic carbocycles. The molecule has 2 nitrogen and oxygen atoms in total. The number of amidine groups is 1. The van der Waals surface area contributed by atoms with Gasteiger partial charge in [-0.1, -0.05) is 39.0 Å². The summed E-state index contributed by atoms with van der Waals surface area (Å²) in [5, 5.41) is 0. The van der Waals surface area contributed by atoms with Crippen molar-refractivity contribution in [2.24, 2.45) is 8.62 Å². The van der Waals surface area contributed by atoms with Crippen molar-refractivity contribution in [2.75, 3.05) is 11.9 Å². The van der Waals surface area contributed by atoms with Gasteiger partial charge in [-0.15, -0.1) is 0 Å². The SMILES string of the molecule is Cc1cccc(C)c1N(C)/C(=N\I)C(C)(C)C. The fourth-order valence-electron chi connectivity index (χ4n) is 2.13. The van der Waals surface area contributed by atoms with Gasteiger partial charge in [-0.25, -0.2) is 3.21 Å². The lowest BCUT2D eigenvalue weighted by molar-refractivity contribution is 0.583. The second kappa shape index (κ2) is 5.38. The van der Waals surface area contributed by atoms with Crippen molar-refractivity contribution in [3.63, 3.8) is 0 Å². The number of benzene rings is 1. The molecule has 0 unspecified atom stereocenters. The highest BCUT2D eigenvalue weighted by atomic mass is 127. The molecule has 17 heavy (non-hydrogen) atoms. The number of para-hydroxylation sites is 1. The maximum Gasteiger partial charge on any atom is 0.120 e. The van der Waals surface area contributed by atoms with Crippen molar-refractivity contribution in [1.29, 1.82) is 0 Å². The van der Waals surface area contributed by atoms with E-state index in [2.05, 4.69) is 90.8 Å². The van der Waals surface area contributed by atoms with Gasteiger partial charge in [-0.05, 0) is 25.0 Å². The van der Waals surface area contributed by atoms with Gasteiger partial charge >= 0.3 is 0 Å². The quantitative estimate of drug-likeness (QED) is 0.415. The van der Waals surface area contributed by atoms with Gasteiger partial charge < -0.3 is 4.90 Å². The van der Waals surface area contributed by atoms with E-state index in [1.165, 1.54) is 16.8 Å². The number of rotatable bonds is 1. The highest BCUT2D eigenvalue weighted by molar-refractivity contribution is 14.1. The molecular formula is C14H21IN2. The summed E-state index contributed by atoms with van der Waals surface area (Å²) in [6, 6.07) is 6.39. The lowest BCUT2D eigenvalue weighted by Crippen LogP contribution is -2.37. The van der Waals surface area contributed by atoms with Crippen molar-refractivity contribution in [3.8, 4) is 0 Å². The summed E-state index contributed by atoms with van der Waals surface area (Å²) >= 11 is 2.09. The molecule has 0 spiro atoms. The normalized spacial score (nSPS) is 12.8. The van der Waals surface area contributed by atoms with Crippen LogP contribution in [0.25, 0.3) is 0 Å². The van der Waals surface area contributed by atoms with E-state index in [1.807, 2.05) is 0 Å². The highest BCUT2D eigenvalue weighted by Gasteiger charge is 2.24. The van der Waals surface area contributed by atoms with E-state index in [0.717, 1.165) is 5.84 Å². The molecule has 0 saturated carbocycles. The second-order valence-electron chi connectivity index (χ2n) is 5.46. The number of anilines is 1. The molecule has 0 aromatic heterocycles. The first-order valence-electron chi connectivity index (χ1n) is 5.78. The molecule has 0 amide bonds. The largest absolute Gasteiger partial charge is 0.332 e. The van der Waals surface area contributed by atoms with Gasteiger partial charge in [0.25, 0.3) is 0 Å². The third-order valence-electron chi connectivity index (χ3n) is 2.84. The molecule has 0 saturated heterocycles. The van der Waals surface area contributed by atoms with Crippen LogP contribution in [0.3, 0.4) is 0 Å². The van der Waals surface area contributed by atoms with E-state index >= 15 is 0 Å². The van der Waals surface area contributed by atoms with Crippen molar-refractivity contribution < 1.29 is 0 Å². The van der Waals surface area contributed by atoms with Gasteiger partial charge in [0.15, 0.2) is 0 Å². The number of hydrogen-bond donors (Lipinski definition) is 0. The molecule has 1 aromatic rings. The van der Waals surface area contributed by atoms with Crippen LogP contribution in [0.15, 0.2) is 21.4 Å². The van der Waals surface area contributed by atoms with E-state index in [0.29, 0.717) is 0 Å². The minimum Gasteiger partial charge on any atom is -0.332 e. The summed E-state index contributed by atoms with van der Waals surface area (Å²) in [4.78, 5) is 2.21. The average Bonchev–Trinajstić information content (AvgIpc) is 2.15. The minimum atomic E-state index is 0.0463. The van der Waals surface area contributed by atoms with Gasteiger partial charge in [0, 0.05) is 18.2 Å². The Morgan fingerprint density at radius 1 is 1.18 bits per heavy atom. The van der Waals surface area contributed by atoms with Gasteiger partial charge in [0.1, 0.15) is 5.84 Å². The Morgan fingerprint density at radius 2 is 1.65 bits per heavy atom. The van der Waals surface area contributed by atoms with Crippen LogP contribution in [0, 0.1) is 19.3 Å². The minimum absolute atomic E-state index is 0.0463. The van der Waals surface area contributed by atoms with E-state index in [4.69, 9.17) is 0 Å². The standard InChI is InChI=1S/C14H21IN2/c1-10-8-7-9-11(2)12(10)17(6)13(16-15)14(3,4)5/h7-9H,1-6H3/b16-13-. The molecule has 3 heteroatoms.